The van der Waals surface area contributed by atoms with E-state index in [-0.39, 0.29) is 12.1 Å². The number of carbonyl (C=O) groups is 2. The molecular weight excluding hydrogens is 286 g/mol. The molecule has 0 radical (unpaired) electrons. The molecule has 1 aliphatic heterocycles. The fourth-order valence-electron chi connectivity index (χ4n) is 2.65. The van der Waals surface area contributed by atoms with Crippen LogP contribution in [-0.4, -0.2) is 44.4 Å². The molecule has 2 aromatic heterocycles. The van der Waals surface area contributed by atoms with Crippen LogP contribution in [0.3, 0.4) is 0 Å². The minimum atomic E-state index is -0.962. The summed E-state index contributed by atoms with van der Waals surface area (Å²) in [4.78, 5) is 41.6. The number of rotatable bonds is 2. The molecule has 2 aromatic rings. The van der Waals surface area contributed by atoms with E-state index in [1.165, 1.54) is 15.5 Å². The second-order valence-electron chi connectivity index (χ2n) is 5.75. The first-order valence-corrected chi connectivity index (χ1v) is 6.91. The first kappa shape index (κ1) is 14.2. The SMILES string of the molecule is C[C@@]1(C(=O)O)CCN(C(=O)c2cnc3ccccn3c2=O)C1. The lowest BCUT2D eigenvalue weighted by Gasteiger charge is -2.20. The van der Waals surface area contributed by atoms with Crippen LogP contribution in [0.25, 0.3) is 5.65 Å². The molecule has 1 fully saturated rings. The van der Waals surface area contributed by atoms with Gasteiger partial charge < -0.3 is 10.0 Å². The summed E-state index contributed by atoms with van der Waals surface area (Å²) in [5.41, 5.74) is -0.991. The standard InChI is InChI=1S/C15H15N3O4/c1-15(14(21)22)5-7-17(9-15)12(19)10-8-16-11-4-2-3-6-18(11)13(10)20/h2-4,6,8H,5,7,9H2,1H3,(H,21,22)/t15-/m1/s1. The molecule has 114 valence electrons. The molecular formula is C15H15N3O4. The van der Waals surface area contributed by atoms with Crippen LogP contribution in [-0.2, 0) is 4.79 Å². The van der Waals surface area contributed by atoms with Crippen molar-refractivity contribution in [2.75, 3.05) is 13.1 Å². The molecule has 1 atom stereocenters. The average molecular weight is 301 g/mol. The van der Waals surface area contributed by atoms with Crippen LogP contribution in [0, 0.1) is 5.41 Å². The van der Waals surface area contributed by atoms with Crippen LogP contribution in [0.4, 0.5) is 0 Å². The fourth-order valence-corrected chi connectivity index (χ4v) is 2.65. The molecule has 1 saturated heterocycles. The molecule has 0 bridgehead atoms. The first-order valence-electron chi connectivity index (χ1n) is 6.91. The van der Waals surface area contributed by atoms with Gasteiger partial charge in [0, 0.05) is 25.5 Å². The summed E-state index contributed by atoms with van der Waals surface area (Å²) < 4.78 is 1.31. The number of likely N-dealkylation sites (tertiary alicyclic amines) is 1. The monoisotopic (exact) mass is 301 g/mol. The van der Waals surface area contributed by atoms with Crippen molar-refractivity contribution in [3.63, 3.8) is 0 Å². The van der Waals surface area contributed by atoms with Gasteiger partial charge >= 0.3 is 5.97 Å². The van der Waals surface area contributed by atoms with Crippen molar-refractivity contribution in [1.82, 2.24) is 14.3 Å². The van der Waals surface area contributed by atoms with E-state index in [1.54, 1.807) is 31.3 Å². The van der Waals surface area contributed by atoms with Crippen LogP contribution >= 0.6 is 0 Å². The Balaban J connectivity index is 1.96. The summed E-state index contributed by atoms with van der Waals surface area (Å²) in [5, 5.41) is 9.22. The van der Waals surface area contributed by atoms with Gasteiger partial charge in [0.2, 0.25) is 0 Å². The molecule has 7 heteroatoms. The van der Waals surface area contributed by atoms with Crippen LogP contribution in [0.5, 0.6) is 0 Å². The van der Waals surface area contributed by atoms with Gasteiger partial charge in [-0.2, -0.15) is 0 Å². The second kappa shape index (κ2) is 4.94. The van der Waals surface area contributed by atoms with Gasteiger partial charge in [-0.25, -0.2) is 4.98 Å². The number of carboxylic acids is 1. The summed E-state index contributed by atoms with van der Waals surface area (Å²) in [6.45, 7) is 2.02. The van der Waals surface area contributed by atoms with Crippen molar-refractivity contribution >= 4 is 17.5 Å². The Morgan fingerprint density at radius 3 is 2.82 bits per heavy atom. The number of hydrogen-bond donors (Lipinski definition) is 1. The van der Waals surface area contributed by atoms with E-state index in [0.29, 0.717) is 18.6 Å². The highest BCUT2D eigenvalue weighted by Crippen LogP contribution is 2.30. The molecule has 0 aromatic carbocycles. The highest BCUT2D eigenvalue weighted by molar-refractivity contribution is 5.94. The fraction of sp³-hybridized carbons (Fsp3) is 0.333. The molecule has 1 amide bonds. The van der Waals surface area contributed by atoms with Gasteiger partial charge in [-0.15, -0.1) is 0 Å². The molecule has 0 saturated carbocycles. The summed E-state index contributed by atoms with van der Waals surface area (Å²) in [6.07, 6.45) is 3.18. The van der Waals surface area contributed by atoms with E-state index in [4.69, 9.17) is 0 Å². The molecule has 1 N–H and O–H groups in total. The summed E-state index contributed by atoms with van der Waals surface area (Å²) in [6, 6.07) is 5.11. The third-order valence-corrected chi connectivity index (χ3v) is 4.12. The van der Waals surface area contributed by atoms with Crippen LogP contribution in [0.1, 0.15) is 23.7 Å². The van der Waals surface area contributed by atoms with Gasteiger partial charge in [0.25, 0.3) is 11.5 Å². The maximum absolute atomic E-state index is 12.5. The van der Waals surface area contributed by atoms with Crippen LogP contribution in [0.2, 0.25) is 0 Å². The molecule has 3 rings (SSSR count). The van der Waals surface area contributed by atoms with Gasteiger partial charge in [-0.3, -0.25) is 18.8 Å². The Kier molecular flexibility index (Phi) is 3.20. The van der Waals surface area contributed by atoms with E-state index in [2.05, 4.69) is 4.98 Å². The van der Waals surface area contributed by atoms with Crippen molar-refractivity contribution in [1.29, 1.82) is 0 Å². The van der Waals surface area contributed by atoms with Crippen molar-refractivity contribution < 1.29 is 14.7 Å². The smallest absolute Gasteiger partial charge is 0.311 e. The maximum Gasteiger partial charge on any atom is 0.311 e. The Morgan fingerprint density at radius 2 is 2.14 bits per heavy atom. The molecule has 0 spiro atoms. The first-order chi connectivity index (χ1) is 10.4. The lowest BCUT2D eigenvalue weighted by atomic mass is 9.90. The Morgan fingerprint density at radius 1 is 1.36 bits per heavy atom. The van der Waals surface area contributed by atoms with E-state index < -0.39 is 22.9 Å². The van der Waals surface area contributed by atoms with Gasteiger partial charge in [0.05, 0.1) is 5.41 Å². The lowest BCUT2D eigenvalue weighted by Crippen LogP contribution is -2.37. The zero-order valence-electron chi connectivity index (χ0n) is 12.0. The van der Waals surface area contributed by atoms with Crippen molar-refractivity contribution in [3.8, 4) is 0 Å². The highest BCUT2D eigenvalue weighted by atomic mass is 16.4. The minimum Gasteiger partial charge on any atom is -0.481 e. The molecule has 0 aliphatic carbocycles. The summed E-state index contributed by atoms with van der Waals surface area (Å²) >= 11 is 0. The number of carboxylic acid groups (broad SMARTS) is 1. The molecule has 1 aliphatic rings. The number of hydrogen-bond acceptors (Lipinski definition) is 4. The number of carbonyl (C=O) groups excluding carboxylic acids is 1. The Bertz CT molecular complexity index is 829. The molecule has 0 unspecified atom stereocenters. The summed E-state index contributed by atoms with van der Waals surface area (Å²) in [7, 11) is 0. The van der Waals surface area contributed by atoms with E-state index in [0.717, 1.165) is 0 Å². The quantitative estimate of drug-likeness (QED) is 0.878. The maximum atomic E-state index is 12.5. The number of nitrogens with zero attached hydrogens (tertiary/aromatic N) is 3. The Labute approximate surface area is 125 Å². The van der Waals surface area contributed by atoms with Gasteiger partial charge in [-0.05, 0) is 25.5 Å². The molecule has 7 nitrogen and oxygen atoms in total. The van der Waals surface area contributed by atoms with Crippen molar-refractivity contribution in [3.05, 3.63) is 46.5 Å². The van der Waals surface area contributed by atoms with Crippen molar-refractivity contribution in [2.24, 2.45) is 5.41 Å². The Hall–Kier alpha value is -2.70. The number of fused-ring (bicyclic) bond motifs is 1. The van der Waals surface area contributed by atoms with Crippen LogP contribution < -0.4 is 5.56 Å². The normalized spacial score (nSPS) is 21.2. The number of aliphatic carboxylic acids is 1. The van der Waals surface area contributed by atoms with E-state index in [9.17, 15) is 19.5 Å². The van der Waals surface area contributed by atoms with Gasteiger partial charge in [-0.1, -0.05) is 6.07 Å². The number of amides is 1. The number of pyridine rings is 1. The topological polar surface area (TPSA) is 92.0 Å². The summed E-state index contributed by atoms with van der Waals surface area (Å²) in [5.74, 6) is -1.41. The van der Waals surface area contributed by atoms with Gasteiger partial charge in [0.1, 0.15) is 11.2 Å². The van der Waals surface area contributed by atoms with Crippen molar-refractivity contribution in [2.45, 2.75) is 13.3 Å². The largest absolute Gasteiger partial charge is 0.481 e. The van der Waals surface area contributed by atoms with Crippen LogP contribution in [0.15, 0.2) is 35.4 Å². The predicted octanol–water partition coefficient (Wildman–Crippen LogP) is 0.631. The average Bonchev–Trinajstić information content (AvgIpc) is 2.91. The van der Waals surface area contributed by atoms with E-state index in [1.807, 2.05) is 0 Å². The third kappa shape index (κ3) is 2.14. The zero-order chi connectivity index (χ0) is 15.9. The lowest BCUT2D eigenvalue weighted by molar-refractivity contribution is -0.147. The predicted molar refractivity (Wildman–Crippen MR) is 77.7 cm³/mol. The highest BCUT2D eigenvalue weighted by Gasteiger charge is 2.42. The second-order valence-corrected chi connectivity index (χ2v) is 5.75. The third-order valence-electron chi connectivity index (χ3n) is 4.12. The zero-order valence-corrected chi connectivity index (χ0v) is 12.0. The molecule has 3 heterocycles. The molecule has 22 heavy (non-hydrogen) atoms. The minimum absolute atomic E-state index is 0.0432. The van der Waals surface area contributed by atoms with E-state index >= 15 is 0 Å². The number of aromatic nitrogens is 2. The van der Waals surface area contributed by atoms with Gasteiger partial charge in [0.15, 0.2) is 0 Å².